The molecule has 33 heavy (non-hydrogen) atoms. The van der Waals surface area contributed by atoms with Gasteiger partial charge in [-0.1, -0.05) is 42.5 Å². The van der Waals surface area contributed by atoms with Gasteiger partial charge in [0, 0.05) is 27.8 Å². The normalized spacial score (nSPS) is 11.1. The molecule has 4 rings (SSSR count). The molecule has 7 nitrogen and oxygen atoms in total. The first-order chi connectivity index (χ1) is 15.8. The zero-order valence-corrected chi connectivity index (χ0v) is 19.1. The van der Waals surface area contributed by atoms with Crippen molar-refractivity contribution in [1.29, 1.82) is 0 Å². The number of carbonyl (C=O) groups is 2. The molecule has 0 spiro atoms. The monoisotopic (exact) mass is 477 g/mol. The van der Waals surface area contributed by atoms with Gasteiger partial charge in [-0.15, -0.1) is 11.3 Å². The van der Waals surface area contributed by atoms with Crippen molar-refractivity contribution in [1.82, 2.24) is 4.98 Å². The number of rotatable bonds is 7. The molecule has 9 heteroatoms. The Morgan fingerprint density at radius 1 is 0.879 bits per heavy atom. The van der Waals surface area contributed by atoms with Gasteiger partial charge >= 0.3 is 0 Å². The van der Waals surface area contributed by atoms with Gasteiger partial charge in [-0.2, -0.15) is 0 Å². The van der Waals surface area contributed by atoms with Crippen molar-refractivity contribution in [3.63, 3.8) is 0 Å². The van der Waals surface area contributed by atoms with Crippen LogP contribution in [-0.4, -0.2) is 25.1 Å². The number of ketones is 1. The number of nitrogens with one attached hydrogen (secondary N) is 2. The first-order valence-electron chi connectivity index (χ1n) is 9.88. The Morgan fingerprint density at radius 2 is 1.61 bits per heavy atom. The largest absolute Gasteiger partial charge is 0.298 e. The van der Waals surface area contributed by atoms with Gasteiger partial charge < -0.3 is 0 Å². The Kier molecular flexibility index (Phi) is 6.34. The Balaban J connectivity index is 1.45. The molecule has 1 heterocycles. The molecule has 0 unspecified atom stereocenters. The number of nitrogens with zero attached hydrogens (tertiary/aromatic N) is 1. The van der Waals surface area contributed by atoms with Crippen LogP contribution < -0.4 is 10.0 Å². The molecule has 0 fully saturated rings. The second-order valence-corrected chi connectivity index (χ2v) is 9.67. The molecule has 1 amide bonds. The van der Waals surface area contributed by atoms with Gasteiger partial charge in [0.2, 0.25) is 0 Å². The van der Waals surface area contributed by atoms with E-state index in [1.165, 1.54) is 48.6 Å². The fourth-order valence-corrected chi connectivity index (χ4v) is 4.81. The van der Waals surface area contributed by atoms with Crippen LogP contribution in [0.15, 0.2) is 89.1 Å². The second kappa shape index (κ2) is 9.35. The molecule has 2 N–H and O–H groups in total. The van der Waals surface area contributed by atoms with Crippen LogP contribution in [-0.2, 0) is 10.0 Å². The number of benzene rings is 3. The van der Waals surface area contributed by atoms with Crippen molar-refractivity contribution in [3.05, 3.63) is 95.4 Å². The van der Waals surface area contributed by atoms with Gasteiger partial charge in [-0.3, -0.25) is 19.6 Å². The van der Waals surface area contributed by atoms with Gasteiger partial charge in [0.05, 0.1) is 10.6 Å². The fourth-order valence-electron chi connectivity index (χ4n) is 3.04. The maximum atomic E-state index is 12.7. The molecule has 3 aromatic carbocycles. The Morgan fingerprint density at radius 3 is 2.30 bits per heavy atom. The molecule has 4 aromatic rings. The lowest BCUT2D eigenvalue weighted by molar-refractivity contribution is 0.101. The van der Waals surface area contributed by atoms with Crippen LogP contribution in [0.25, 0.3) is 11.3 Å². The third kappa shape index (κ3) is 5.33. The third-order valence-corrected chi connectivity index (χ3v) is 6.90. The molecule has 0 saturated carbocycles. The summed E-state index contributed by atoms with van der Waals surface area (Å²) in [5.41, 5.74) is 2.69. The summed E-state index contributed by atoms with van der Waals surface area (Å²) in [5, 5.41) is 5.04. The van der Waals surface area contributed by atoms with E-state index < -0.39 is 15.9 Å². The van der Waals surface area contributed by atoms with Crippen LogP contribution >= 0.6 is 11.3 Å². The van der Waals surface area contributed by atoms with Gasteiger partial charge in [0.25, 0.3) is 15.9 Å². The number of hydrogen-bond acceptors (Lipinski definition) is 6. The van der Waals surface area contributed by atoms with E-state index in [-0.39, 0.29) is 16.4 Å². The second-order valence-electron chi connectivity index (χ2n) is 7.12. The van der Waals surface area contributed by atoms with Crippen LogP contribution in [0.3, 0.4) is 0 Å². The molecule has 0 radical (unpaired) electrons. The Labute approximate surface area is 195 Å². The van der Waals surface area contributed by atoms with Gasteiger partial charge in [-0.25, -0.2) is 13.4 Å². The molecule has 0 bridgehead atoms. The quantitative estimate of drug-likeness (QED) is 0.362. The molecular formula is C24H19N3O4S2. The molecule has 0 aliphatic rings. The molecule has 0 aliphatic heterocycles. The highest BCUT2D eigenvalue weighted by atomic mass is 32.2. The summed E-state index contributed by atoms with van der Waals surface area (Å²) in [4.78, 5) is 28.5. The van der Waals surface area contributed by atoms with Crippen molar-refractivity contribution >= 4 is 43.9 Å². The predicted octanol–water partition coefficient (Wildman–Crippen LogP) is 5.07. The molecular weight excluding hydrogens is 458 g/mol. The number of carbonyl (C=O) groups excluding carboxylic acids is 2. The summed E-state index contributed by atoms with van der Waals surface area (Å²) in [5.74, 6) is -0.558. The van der Waals surface area contributed by atoms with Gasteiger partial charge in [-0.05, 0) is 43.3 Å². The number of amides is 1. The summed E-state index contributed by atoms with van der Waals surface area (Å²) in [7, 11) is -3.89. The van der Waals surface area contributed by atoms with E-state index in [4.69, 9.17) is 0 Å². The maximum Gasteiger partial charge on any atom is 0.261 e. The lowest BCUT2D eigenvalue weighted by Gasteiger charge is -2.09. The zero-order valence-electron chi connectivity index (χ0n) is 17.5. The van der Waals surface area contributed by atoms with Crippen molar-refractivity contribution in [2.24, 2.45) is 0 Å². The Hall–Kier alpha value is -3.82. The highest BCUT2D eigenvalue weighted by Crippen LogP contribution is 2.25. The lowest BCUT2D eigenvalue weighted by atomic mass is 10.1. The molecule has 0 atom stereocenters. The first kappa shape index (κ1) is 22.4. The van der Waals surface area contributed by atoms with Gasteiger partial charge in [0.15, 0.2) is 10.9 Å². The van der Waals surface area contributed by atoms with E-state index in [9.17, 15) is 18.0 Å². The smallest absolute Gasteiger partial charge is 0.261 e. The van der Waals surface area contributed by atoms with Crippen molar-refractivity contribution in [3.8, 4) is 11.3 Å². The topological polar surface area (TPSA) is 105 Å². The molecule has 0 saturated heterocycles. The van der Waals surface area contributed by atoms with Gasteiger partial charge in [0.1, 0.15) is 0 Å². The van der Waals surface area contributed by atoms with Crippen LogP contribution in [0.4, 0.5) is 10.8 Å². The summed E-state index contributed by atoms with van der Waals surface area (Å²) in [6, 6.07) is 21.4. The van der Waals surface area contributed by atoms with Crippen LogP contribution in [0.5, 0.6) is 0 Å². The number of Topliss-reactive ketones (excluding diaryl/α,β-unsaturated/α-hetero) is 1. The average molecular weight is 478 g/mol. The number of sulfonamides is 1. The van der Waals surface area contributed by atoms with E-state index in [0.717, 1.165) is 11.3 Å². The fraction of sp³-hybridized carbons (Fsp3) is 0.0417. The zero-order chi connectivity index (χ0) is 23.4. The summed E-state index contributed by atoms with van der Waals surface area (Å²) >= 11 is 1.31. The number of thiazole rings is 1. The van der Waals surface area contributed by atoms with Crippen molar-refractivity contribution in [2.45, 2.75) is 11.8 Å². The lowest BCUT2D eigenvalue weighted by Crippen LogP contribution is -2.15. The summed E-state index contributed by atoms with van der Waals surface area (Å²) < 4.78 is 27.8. The number of hydrogen-bond donors (Lipinski definition) is 2. The van der Waals surface area contributed by atoms with E-state index in [0.29, 0.717) is 16.3 Å². The van der Waals surface area contributed by atoms with Crippen LogP contribution in [0.2, 0.25) is 0 Å². The highest BCUT2D eigenvalue weighted by molar-refractivity contribution is 7.92. The summed E-state index contributed by atoms with van der Waals surface area (Å²) in [6.45, 7) is 1.41. The summed E-state index contributed by atoms with van der Waals surface area (Å²) in [6.07, 6.45) is 0. The van der Waals surface area contributed by atoms with Crippen molar-refractivity contribution < 1.29 is 18.0 Å². The number of aromatic nitrogens is 1. The number of anilines is 2. The van der Waals surface area contributed by atoms with E-state index in [1.807, 2.05) is 35.7 Å². The predicted molar refractivity (Wildman–Crippen MR) is 129 cm³/mol. The first-order valence-corrected chi connectivity index (χ1v) is 12.2. The minimum atomic E-state index is -3.89. The minimum absolute atomic E-state index is 0.00658. The van der Waals surface area contributed by atoms with Crippen LogP contribution in [0, 0.1) is 0 Å². The molecule has 1 aromatic heterocycles. The van der Waals surface area contributed by atoms with E-state index >= 15 is 0 Å². The molecule has 166 valence electrons. The van der Waals surface area contributed by atoms with Crippen LogP contribution in [0.1, 0.15) is 27.6 Å². The Bertz CT molecular complexity index is 1410. The molecule has 0 aliphatic carbocycles. The third-order valence-electron chi connectivity index (χ3n) is 4.74. The van der Waals surface area contributed by atoms with Crippen molar-refractivity contribution in [2.75, 3.05) is 10.0 Å². The standard InChI is InChI=1S/C24H19N3O4S2/c1-16(28)19-8-5-9-20(14-19)27-33(30,31)21-12-10-18(11-13-21)23(29)26-24-25-22(15-32-24)17-6-3-2-4-7-17/h2-15,27H,1H3,(H,25,26,29). The van der Waals surface area contributed by atoms with E-state index in [2.05, 4.69) is 15.0 Å². The van der Waals surface area contributed by atoms with E-state index in [1.54, 1.807) is 18.2 Å². The maximum absolute atomic E-state index is 12.7. The average Bonchev–Trinajstić information content (AvgIpc) is 3.28. The SMILES string of the molecule is CC(=O)c1cccc(NS(=O)(=O)c2ccc(C(=O)Nc3nc(-c4ccccc4)cs3)cc2)c1. The minimum Gasteiger partial charge on any atom is -0.298 e. The highest BCUT2D eigenvalue weighted by Gasteiger charge is 2.16.